The van der Waals surface area contributed by atoms with E-state index in [9.17, 15) is 14.4 Å². The summed E-state index contributed by atoms with van der Waals surface area (Å²) in [6.45, 7) is 2.17. The molecule has 2 aliphatic heterocycles. The van der Waals surface area contributed by atoms with Gasteiger partial charge >= 0.3 is 6.03 Å². The van der Waals surface area contributed by atoms with Gasteiger partial charge in [0, 0.05) is 5.56 Å². The smallest absolute Gasteiger partial charge is 0.325 e. The van der Waals surface area contributed by atoms with E-state index in [1.54, 1.807) is 25.1 Å². The summed E-state index contributed by atoms with van der Waals surface area (Å²) in [5, 5.41) is 4.63. The highest BCUT2D eigenvalue weighted by Crippen LogP contribution is 2.34. The summed E-state index contributed by atoms with van der Waals surface area (Å²) in [7, 11) is 0. The van der Waals surface area contributed by atoms with Crippen LogP contribution in [0.15, 0.2) is 60.7 Å². The predicted molar refractivity (Wildman–Crippen MR) is 113 cm³/mol. The standard InChI is InChI=1S/C24H20N2O5/c1-24(18-8-4-6-15-5-2-3-7-17(15)18)22(28)26(23(29)25-24)14-19(27)16-9-10-20-21(13-16)31-12-11-30-20/h2-10,13H,11-12,14H2,1H3,(H,25,29)/t24-/m0/s1. The number of benzene rings is 3. The fraction of sp³-hybridized carbons (Fsp3) is 0.208. The summed E-state index contributed by atoms with van der Waals surface area (Å²) in [5.74, 6) is 0.235. The van der Waals surface area contributed by atoms with Crippen LogP contribution in [0.5, 0.6) is 11.5 Å². The average molecular weight is 416 g/mol. The molecule has 3 aromatic rings. The third-order valence-electron chi connectivity index (χ3n) is 5.77. The first-order valence-electron chi connectivity index (χ1n) is 10.0. The highest BCUT2D eigenvalue weighted by atomic mass is 16.6. The summed E-state index contributed by atoms with van der Waals surface area (Å²) < 4.78 is 11.0. The van der Waals surface area contributed by atoms with Crippen LogP contribution in [0.3, 0.4) is 0 Å². The van der Waals surface area contributed by atoms with Crippen molar-refractivity contribution in [3.8, 4) is 11.5 Å². The van der Waals surface area contributed by atoms with Gasteiger partial charge in [-0.15, -0.1) is 0 Å². The molecule has 7 nitrogen and oxygen atoms in total. The van der Waals surface area contributed by atoms with E-state index in [2.05, 4.69) is 5.32 Å². The number of hydrogen-bond donors (Lipinski definition) is 1. The van der Waals surface area contributed by atoms with Gasteiger partial charge in [0.25, 0.3) is 5.91 Å². The molecule has 0 saturated carbocycles. The van der Waals surface area contributed by atoms with E-state index in [4.69, 9.17) is 9.47 Å². The lowest BCUT2D eigenvalue weighted by atomic mass is 9.88. The topological polar surface area (TPSA) is 84.9 Å². The second kappa shape index (κ2) is 7.12. The Balaban J connectivity index is 1.43. The number of fused-ring (bicyclic) bond motifs is 2. The number of ketones is 1. The van der Waals surface area contributed by atoms with Crippen molar-refractivity contribution in [2.24, 2.45) is 0 Å². The Bertz CT molecular complexity index is 1230. The van der Waals surface area contributed by atoms with Crippen molar-refractivity contribution in [3.63, 3.8) is 0 Å². The van der Waals surface area contributed by atoms with Crippen molar-refractivity contribution in [1.82, 2.24) is 10.2 Å². The number of imide groups is 1. The second-order valence-corrected chi connectivity index (χ2v) is 7.75. The first-order valence-corrected chi connectivity index (χ1v) is 10.0. The zero-order valence-electron chi connectivity index (χ0n) is 16.9. The Hall–Kier alpha value is -3.87. The molecule has 0 aromatic heterocycles. The van der Waals surface area contributed by atoms with Crippen LogP contribution in [0, 0.1) is 0 Å². The maximum Gasteiger partial charge on any atom is 0.325 e. The van der Waals surface area contributed by atoms with Crippen molar-refractivity contribution < 1.29 is 23.9 Å². The predicted octanol–water partition coefficient (Wildman–Crippen LogP) is 3.26. The molecule has 0 radical (unpaired) electrons. The highest BCUT2D eigenvalue weighted by Gasteiger charge is 2.50. The van der Waals surface area contributed by atoms with E-state index >= 15 is 0 Å². The van der Waals surface area contributed by atoms with Crippen molar-refractivity contribution in [2.75, 3.05) is 19.8 Å². The Morgan fingerprint density at radius 2 is 1.74 bits per heavy atom. The van der Waals surface area contributed by atoms with Gasteiger partial charge in [-0.1, -0.05) is 42.5 Å². The lowest BCUT2D eigenvalue weighted by molar-refractivity contribution is -0.130. The van der Waals surface area contributed by atoms with Gasteiger partial charge in [0.15, 0.2) is 17.3 Å². The van der Waals surface area contributed by atoms with Crippen molar-refractivity contribution >= 4 is 28.5 Å². The van der Waals surface area contributed by atoms with E-state index in [-0.39, 0.29) is 12.3 Å². The monoisotopic (exact) mass is 416 g/mol. The summed E-state index contributed by atoms with van der Waals surface area (Å²) in [6, 6.07) is 17.6. The Labute approximate surface area is 178 Å². The Morgan fingerprint density at radius 1 is 1.00 bits per heavy atom. The van der Waals surface area contributed by atoms with E-state index in [1.165, 1.54) is 0 Å². The number of nitrogens with zero attached hydrogens (tertiary/aromatic N) is 1. The summed E-state index contributed by atoms with van der Waals surface area (Å²) >= 11 is 0. The lowest BCUT2D eigenvalue weighted by Gasteiger charge is -2.24. The van der Waals surface area contributed by atoms with Gasteiger partial charge in [0.05, 0.1) is 6.54 Å². The molecule has 1 fully saturated rings. The molecule has 0 spiro atoms. The molecule has 5 rings (SSSR count). The van der Waals surface area contributed by atoms with Gasteiger partial charge in [-0.2, -0.15) is 0 Å². The summed E-state index contributed by atoms with van der Waals surface area (Å²) in [6.07, 6.45) is 0. The van der Waals surface area contributed by atoms with Gasteiger partial charge < -0.3 is 14.8 Å². The van der Waals surface area contributed by atoms with Crippen molar-refractivity contribution in [3.05, 3.63) is 71.8 Å². The van der Waals surface area contributed by atoms with Gasteiger partial charge in [0.2, 0.25) is 0 Å². The van der Waals surface area contributed by atoms with Gasteiger partial charge in [-0.05, 0) is 41.5 Å². The molecule has 1 N–H and O–H groups in total. The van der Waals surface area contributed by atoms with Crippen LogP contribution >= 0.6 is 0 Å². The molecule has 1 atom stereocenters. The van der Waals surface area contributed by atoms with Crippen LogP contribution in [-0.4, -0.2) is 42.4 Å². The zero-order valence-corrected chi connectivity index (χ0v) is 16.9. The first-order chi connectivity index (χ1) is 15.0. The summed E-state index contributed by atoms with van der Waals surface area (Å²) in [5.41, 5.74) is -0.216. The first kappa shape index (κ1) is 19.1. The molecular weight excluding hydrogens is 396 g/mol. The fourth-order valence-electron chi connectivity index (χ4n) is 4.14. The van der Waals surface area contributed by atoms with E-state index in [1.807, 2.05) is 42.5 Å². The van der Waals surface area contributed by atoms with Crippen LogP contribution in [-0.2, 0) is 10.3 Å². The molecule has 7 heteroatoms. The Kier molecular flexibility index (Phi) is 4.39. The molecular formula is C24H20N2O5. The van der Waals surface area contributed by atoms with Gasteiger partial charge in [-0.3, -0.25) is 14.5 Å². The number of urea groups is 1. The number of amides is 3. The molecule has 3 amide bonds. The van der Waals surface area contributed by atoms with Gasteiger partial charge in [-0.25, -0.2) is 4.79 Å². The molecule has 0 unspecified atom stereocenters. The zero-order chi connectivity index (χ0) is 21.6. The number of carbonyl (C=O) groups excluding carboxylic acids is 3. The number of ether oxygens (including phenoxy) is 2. The fourth-order valence-corrected chi connectivity index (χ4v) is 4.14. The lowest BCUT2D eigenvalue weighted by Crippen LogP contribution is -2.41. The highest BCUT2D eigenvalue weighted by molar-refractivity contribution is 6.12. The van der Waals surface area contributed by atoms with E-state index in [0.717, 1.165) is 15.7 Å². The maximum absolute atomic E-state index is 13.3. The second-order valence-electron chi connectivity index (χ2n) is 7.75. The van der Waals surface area contributed by atoms with Crippen molar-refractivity contribution in [2.45, 2.75) is 12.5 Å². The molecule has 2 heterocycles. The molecule has 3 aromatic carbocycles. The average Bonchev–Trinajstić information content (AvgIpc) is 3.02. The molecule has 31 heavy (non-hydrogen) atoms. The maximum atomic E-state index is 13.3. The third kappa shape index (κ3) is 3.09. The minimum atomic E-state index is -1.26. The van der Waals surface area contributed by atoms with Gasteiger partial charge in [0.1, 0.15) is 18.8 Å². The van der Waals surface area contributed by atoms with Crippen LogP contribution < -0.4 is 14.8 Å². The SMILES string of the molecule is C[C@@]1(c2cccc3ccccc23)NC(=O)N(CC(=O)c2ccc3c(c2)OCCO3)C1=O. The van der Waals surface area contributed by atoms with Crippen molar-refractivity contribution in [1.29, 1.82) is 0 Å². The minimum absolute atomic E-state index is 0.351. The normalized spacial score (nSPS) is 20.1. The van der Waals surface area contributed by atoms with E-state index < -0.39 is 17.5 Å². The molecule has 1 saturated heterocycles. The largest absolute Gasteiger partial charge is 0.486 e. The molecule has 0 bridgehead atoms. The number of carbonyl (C=O) groups is 3. The summed E-state index contributed by atoms with van der Waals surface area (Å²) in [4.78, 5) is 39.9. The number of nitrogens with one attached hydrogen (secondary N) is 1. The van der Waals surface area contributed by atoms with E-state index in [0.29, 0.717) is 35.8 Å². The molecule has 2 aliphatic rings. The Morgan fingerprint density at radius 3 is 2.58 bits per heavy atom. The number of hydrogen-bond acceptors (Lipinski definition) is 5. The number of Topliss-reactive ketones (excluding diaryl/α,β-unsaturated/α-hetero) is 1. The minimum Gasteiger partial charge on any atom is -0.486 e. The molecule has 156 valence electrons. The number of rotatable bonds is 4. The molecule has 0 aliphatic carbocycles. The quantitative estimate of drug-likeness (QED) is 0.521. The van der Waals surface area contributed by atoms with Crippen LogP contribution in [0.1, 0.15) is 22.8 Å². The van der Waals surface area contributed by atoms with Crippen LogP contribution in [0.25, 0.3) is 10.8 Å². The third-order valence-corrected chi connectivity index (χ3v) is 5.77. The van der Waals surface area contributed by atoms with Crippen LogP contribution in [0.4, 0.5) is 4.79 Å². The van der Waals surface area contributed by atoms with Crippen LogP contribution in [0.2, 0.25) is 0 Å².